The first-order chi connectivity index (χ1) is 9.13. The number of nitrogens with one attached hydrogen (secondary N) is 3. The van der Waals surface area contributed by atoms with Gasteiger partial charge in [0.25, 0.3) is 0 Å². The zero-order chi connectivity index (χ0) is 14.1. The van der Waals surface area contributed by atoms with Crippen LogP contribution in [0.1, 0.15) is 5.56 Å². The van der Waals surface area contributed by atoms with Gasteiger partial charge in [0.2, 0.25) is 5.91 Å². The number of carbonyl (C=O) groups excluding carboxylic acids is 1. The Hall–Kier alpha value is -1.66. The van der Waals surface area contributed by atoms with Crippen LogP contribution in [0.5, 0.6) is 0 Å². The summed E-state index contributed by atoms with van der Waals surface area (Å²) in [4.78, 5) is 11.4. The van der Waals surface area contributed by atoms with Crippen LogP contribution in [0.2, 0.25) is 0 Å². The van der Waals surface area contributed by atoms with Crippen molar-refractivity contribution in [1.82, 2.24) is 10.6 Å². The molecule has 0 aliphatic rings. The van der Waals surface area contributed by atoms with Crippen molar-refractivity contribution in [2.24, 2.45) is 0 Å². The van der Waals surface area contributed by atoms with Crippen LogP contribution in [0.15, 0.2) is 24.3 Å². The first-order valence-corrected chi connectivity index (χ1v) is 6.40. The molecule has 104 valence electrons. The summed E-state index contributed by atoms with van der Waals surface area (Å²) in [5.41, 5.74) is 2.02. The molecule has 0 saturated heterocycles. The summed E-state index contributed by atoms with van der Waals surface area (Å²) in [6, 6.07) is 7.81. The number of carbonyl (C=O) groups is 1. The minimum atomic E-state index is -0.119. The highest BCUT2D eigenvalue weighted by Gasteiger charge is 2.03. The summed E-state index contributed by atoms with van der Waals surface area (Å²) >= 11 is 5.12. The third kappa shape index (κ3) is 6.17. The molecule has 0 spiro atoms. The average molecular weight is 281 g/mol. The molecule has 1 aromatic carbocycles. The molecule has 0 aliphatic heterocycles. The van der Waals surface area contributed by atoms with E-state index in [1.165, 1.54) is 0 Å². The average Bonchev–Trinajstić information content (AvgIpc) is 2.39. The van der Waals surface area contributed by atoms with E-state index in [4.69, 9.17) is 17.0 Å². The van der Waals surface area contributed by atoms with Gasteiger partial charge in [0.05, 0.1) is 13.2 Å². The van der Waals surface area contributed by atoms with Crippen molar-refractivity contribution in [3.05, 3.63) is 29.8 Å². The Kier molecular flexibility index (Phi) is 6.84. The smallest absolute Gasteiger partial charge is 0.239 e. The highest BCUT2D eigenvalue weighted by Crippen LogP contribution is 2.12. The normalized spacial score (nSPS) is 9.79. The van der Waals surface area contributed by atoms with Crippen molar-refractivity contribution < 1.29 is 9.53 Å². The summed E-state index contributed by atoms with van der Waals surface area (Å²) in [5.74, 6) is -0.119. The van der Waals surface area contributed by atoms with Gasteiger partial charge in [-0.3, -0.25) is 4.79 Å². The van der Waals surface area contributed by atoms with Crippen LogP contribution in [0, 0.1) is 6.92 Å². The van der Waals surface area contributed by atoms with E-state index in [0.29, 0.717) is 18.3 Å². The van der Waals surface area contributed by atoms with E-state index in [0.717, 1.165) is 11.3 Å². The second-order valence-electron chi connectivity index (χ2n) is 3.97. The highest BCUT2D eigenvalue weighted by atomic mass is 32.1. The van der Waals surface area contributed by atoms with Crippen LogP contribution < -0.4 is 16.0 Å². The molecule has 5 nitrogen and oxygen atoms in total. The van der Waals surface area contributed by atoms with E-state index >= 15 is 0 Å². The van der Waals surface area contributed by atoms with Crippen LogP contribution in [0.4, 0.5) is 5.69 Å². The fourth-order valence-electron chi connectivity index (χ4n) is 1.40. The van der Waals surface area contributed by atoms with Gasteiger partial charge in [-0.2, -0.15) is 0 Å². The van der Waals surface area contributed by atoms with Crippen molar-refractivity contribution >= 4 is 28.9 Å². The number of hydrogen-bond donors (Lipinski definition) is 3. The van der Waals surface area contributed by atoms with Gasteiger partial charge in [-0.25, -0.2) is 0 Å². The maximum absolute atomic E-state index is 11.4. The standard InChI is InChI=1S/C13H19N3O2S/c1-10-5-3-4-6-11(10)16-13(19)15-9-12(17)14-7-8-18-2/h3-6H,7-9H2,1-2H3,(H,14,17)(H2,15,16,19). The monoisotopic (exact) mass is 281 g/mol. The van der Waals surface area contributed by atoms with Crippen molar-refractivity contribution in [2.75, 3.05) is 32.1 Å². The number of aryl methyl sites for hydroxylation is 1. The van der Waals surface area contributed by atoms with Gasteiger partial charge in [-0.1, -0.05) is 18.2 Å². The van der Waals surface area contributed by atoms with Crippen LogP contribution in [-0.2, 0) is 9.53 Å². The Morgan fingerprint density at radius 1 is 1.32 bits per heavy atom. The number of benzene rings is 1. The van der Waals surface area contributed by atoms with Crippen molar-refractivity contribution in [3.8, 4) is 0 Å². The Morgan fingerprint density at radius 2 is 2.05 bits per heavy atom. The number of hydrogen-bond acceptors (Lipinski definition) is 3. The number of rotatable bonds is 6. The summed E-state index contributed by atoms with van der Waals surface area (Å²) in [6.07, 6.45) is 0. The fraction of sp³-hybridized carbons (Fsp3) is 0.385. The van der Waals surface area contributed by atoms with Gasteiger partial charge < -0.3 is 20.7 Å². The first kappa shape index (κ1) is 15.4. The molecule has 0 atom stereocenters. The number of anilines is 1. The molecule has 0 aromatic heterocycles. The second kappa shape index (κ2) is 8.44. The molecule has 0 radical (unpaired) electrons. The van der Waals surface area contributed by atoms with Crippen molar-refractivity contribution in [3.63, 3.8) is 0 Å². The summed E-state index contributed by atoms with van der Waals surface area (Å²) in [7, 11) is 1.59. The van der Waals surface area contributed by atoms with E-state index in [1.54, 1.807) is 7.11 Å². The lowest BCUT2D eigenvalue weighted by atomic mass is 10.2. The van der Waals surface area contributed by atoms with Crippen LogP contribution in [0.3, 0.4) is 0 Å². The van der Waals surface area contributed by atoms with E-state index in [1.807, 2.05) is 31.2 Å². The predicted octanol–water partition coefficient (Wildman–Crippen LogP) is 1.04. The Labute approximate surface area is 118 Å². The molecule has 1 rings (SSSR count). The lowest BCUT2D eigenvalue weighted by Gasteiger charge is -2.12. The molecule has 0 aliphatic carbocycles. The van der Waals surface area contributed by atoms with Gasteiger partial charge >= 0.3 is 0 Å². The Bertz CT molecular complexity index is 438. The molecular formula is C13H19N3O2S. The van der Waals surface area contributed by atoms with E-state index in [9.17, 15) is 4.79 Å². The molecule has 6 heteroatoms. The van der Waals surface area contributed by atoms with Gasteiger partial charge in [0, 0.05) is 19.3 Å². The van der Waals surface area contributed by atoms with Crippen LogP contribution in [-0.4, -0.2) is 37.8 Å². The maximum atomic E-state index is 11.4. The Balaban J connectivity index is 2.28. The third-order valence-electron chi connectivity index (χ3n) is 2.43. The largest absolute Gasteiger partial charge is 0.383 e. The minimum absolute atomic E-state index is 0.119. The topological polar surface area (TPSA) is 62.4 Å². The molecule has 0 saturated carbocycles. The van der Waals surface area contributed by atoms with E-state index in [2.05, 4.69) is 16.0 Å². The molecule has 3 N–H and O–H groups in total. The lowest BCUT2D eigenvalue weighted by Crippen LogP contribution is -2.39. The Morgan fingerprint density at radius 3 is 2.74 bits per heavy atom. The van der Waals surface area contributed by atoms with Gasteiger partial charge in [0.15, 0.2) is 5.11 Å². The number of ether oxygens (including phenoxy) is 1. The third-order valence-corrected chi connectivity index (χ3v) is 2.68. The first-order valence-electron chi connectivity index (χ1n) is 5.99. The van der Waals surface area contributed by atoms with Gasteiger partial charge in [-0.15, -0.1) is 0 Å². The van der Waals surface area contributed by atoms with Crippen molar-refractivity contribution in [1.29, 1.82) is 0 Å². The molecule has 1 aromatic rings. The van der Waals surface area contributed by atoms with Crippen LogP contribution >= 0.6 is 12.2 Å². The summed E-state index contributed by atoms with van der Waals surface area (Å²) < 4.78 is 4.84. The fourth-order valence-corrected chi connectivity index (χ4v) is 1.58. The predicted molar refractivity (Wildman–Crippen MR) is 80.3 cm³/mol. The van der Waals surface area contributed by atoms with Gasteiger partial charge in [-0.05, 0) is 30.8 Å². The zero-order valence-electron chi connectivity index (χ0n) is 11.2. The van der Waals surface area contributed by atoms with E-state index < -0.39 is 0 Å². The zero-order valence-corrected chi connectivity index (χ0v) is 12.0. The summed E-state index contributed by atoms with van der Waals surface area (Å²) in [5, 5.41) is 9.03. The molecule has 19 heavy (non-hydrogen) atoms. The molecule has 0 heterocycles. The number of para-hydroxylation sites is 1. The van der Waals surface area contributed by atoms with Crippen LogP contribution in [0.25, 0.3) is 0 Å². The highest BCUT2D eigenvalue weighted by molar-refractivity contribution is 7.80. The van der Waals surface area contributed by atoms with Crippen molar-refractivity contribution in [2.45, 2.75) is 6.92 Å². The second-order valence-corrected chi connectivity index (χ2v) is 4.37. The minimum Gasteiger partial charge on any atom is -0.383 e. The SMILES string of the molecule is COCCNC(=O)CNC(=S)Nc1ccccc1C. The van der Waals surface area contributed by atoms with Gasteiger partial charge in [0.1, 0.15) is 0 Å². The maximum Gasteiger partial charge on any atom is 0.239 e. The molecule has 0 bridgehead atoms. The quantitative estimate of drug-likeness (QED) is 0.537. The lowest BCUT2D eigenvalue weighted by molar-refractivity contribution is -0.120. The number of methoxy groups -OCH3 is 1. The number of amides is 1. The number of thiocarbonyl (C=S) groups is 1. The molecule has 1 amide bonds. The molecular weight excluding hydrogens is 262 g/mol. The molecule has 0 unspecified atom stereocenters. The summed E-state index contributed by atoms with van der Waals surface area (Å²) in [6.45, 7) is 3.12. The molecule has 0 fully saturated rings. The van der Waals surface area contributed by atoms with E-state index in [-0.39, 0.29) is 12.5 Å².